The van der Waals surface area contributed by atoms with E-state index in [0.717, 1.165) is 31.1 Å². The average molecular weight is 317 g/mol. The molecule has 2 heterocycles. The zero-order valence-electron chi connectivity index (χ0n) is 9.74. The van der Waals surface area contributed by atoms with Gasteiger partial charge in [-0.1, -0.05) is 23.2 Å². The molecule has 1 aromatic carbocycles. The molecular weight excluding hydrogens is 307 g/mol. The lowest BCUT2D eigenvalue weighted by atomic mass is 10.2. The molecule has 1 saturated heterocycles. The van der Waals surface area contributed by atoms with Crippen LogP contribution >= 0.6 is 34.9 Å². The van der Waals surface area contributed by atoms with Gasteiger partial charge in [0, 0.05) is 0 Å². The molecule has 3 rings (SSSR count). The fourth-order valence-electron chi connectivity index (χ4n) is 2.11. The normalized spacial score (nSPS) is 18.9. The Balaban J connectivity index is 1.96. The molecule has 19 heavy (non-hydrogen) atoms. The molecular formula is C11H10Cl2N4OS. The number of hydrogen-bond donors (Lipinski definition) is 2. The molecule has 1 aromatic heterocycles. The minimum atomic E-state index is -0.173. The lowest BCUT2D eigenvalue weighted by molar-refractivity contribution is -0.117. The molecule has 1 aliphatic rings. The maximum atomic E-state index is 12.1. The summed E-state index contributed by atoms with van der Waals surface area (Å²) in [6.07, 6.45) is 1.83. The lowest BCUT2D eigenvalue weighted by Crippen LogP contribution is -2.35. The zero-order valence-corrected chi connectivity index (χ0v) is 12.1. The molecule has 8 heteroatoms. The van der Waals surface area contributed by atoms with Crippen molar-refractivity contribution < 1.29 is 4.79 Å². The summed E-state index contributed by atoms with van der Waals surface area (Å²) in [7, 11) is 0. The third-order valence-corrected chi connectivity index (χ3v) is 4.18. The van der Waals surface area contributed by atoms with Crippen LogP contribution in [0.2, 0.25) is 10.0 Å². The summed E-state index contributed by atoms with van der Waals surface area (Å²) in [6.45, 7) is 0.861. The van der Waals surface area contributed by atoms with Gasteiger partial charge in [0.15, 0.2) is 0 Å². The molecule has 0 aliphatic carbocycles. The highest BCUT2D eigenvalue weighted by molar-refractivity contribution is 7.00. The minimum Gasteiger partial charge on any atom is -0.322 e. The summed E-state index contributed by atoms with van der Waals surface area (Å²) in [5.74, 6) is -0.101. The Hall–Kier alpha value is -0.950. The number of nitrogens with one attached hydrogen (secondary N) is 2. The van der Waals surface area contributed by atoms with Crippen LogP contribution in [0.4, 0.5) is 5.69 Å². The fourth-order valence-corrected chi connectivity index (χ4v) is 3.27. The number of anilines is 1. The minimum absolute atomic E-state index is 0.101. The third-order valence-electron chi connectivity index (χ3n) is 3.07. The van der Waals surface area contributed by atoms with E-state index in [4.69, 9.17) is 23.2 Å². The topological polar surface area (TPSA) is 66.9 Å². The van der Waals surface area contributed by atoms with E-state index in [0.29, 0.717) is 26.8 Å². The fraction of sp³-hybridized carbons (Fsp3) is 0.364. The summed E-state index contributed by atoms with van der Waals surface area (Å²) in [6, 6.07) is 1.40. The van der Waals surface area contributed by atoms with Crippen LogP contribution in [-0.4, -0.2) is 27.2 Å². The summed E-state index contributed by atoms with van der Waals surface area (Å²) in [4.78, 5) is 12.1. The first-order valence-corrected chi connectivity index (χ1v) is 7.30. The van der Waals surface area contributed by atoms with Crippen molar-refractivity contribution in [2.24, 2.45) is 0 Å². The van der Waals surface area contributed by atoms with Gasteiger partial charge >= 0.3 is 0 Å². The standard InChI is InChI=1S/C11H10Cl2N4OS/c12-5-4-6(13)9-10(17-19-16-9)8(5)15-11(18)7-2-1-3-14-7/h4,7,14H,1-3H2,(H,15,18). The van der Waals surface area contributed by atoms with Crippen LogP contribution in [0.15, 0.2) is 6.07 Å². The highest BCUT2D eigenvalue weighted by Gasteiger charge is 2.24. The van der Waals surface area contributed by atoms with Crippen LogP contribution < -0.4 is 10.6 Å². The van der Waals surface area contributed by atoms with E-state index < -0.39 is 0 Å². The van der Waals surface area contributed by atoms with Crippen molar-refractivity contribution >= 4 is 57.6 Å². The van der Waals surface area contributed by atoms with Gasteiger partial charge in [0.1, 0.15) is 11.0 Å². The van der Waals surface area contributed by atoms with Crippen molar-refractivity contribution in [2.75, 3.05) is 11.9 Å². The Morgan fingerprint density at radius 2 is 2.16 bits per heavy atom. The summed E-state index contributed by atoms with van der Waals surface area (Å²) in [5.41, 5.74) is 1.58. The maximum absolute atomic E-state index is 12.1. The Labute approximate surface area is 123 Å². The molecule has 1 amide bonds. The number of fused-ring (bicyclic) bond motifs is 1. The molecule has 2 aromatic rings. The van der Waals surface area contributed by atoms with Gasteiger partial charge in [0.2, 0.25) is 5.91 Å². The largest absolute Gasteiger partial charge is 0.322 e. The highest BCUT2D eigenvalue weighted by Crippen LogP contribution is 2.35. The van der Waals surface area contributed by atoms with Gasteiger partial charge in [-0.2, -0.15) is 8.75 Å². The number of amides is 1. The van der Waals surface area contributed by atoms with E-state index in [1.54, 1.807) is 6.07 Å². The monoisotopic (exact) mass is 316 g/mol. The van der Waals surface area contributed by atoms with E-state index in [-0.39, 0.29) is 11.9 Å². The number of hydrogen-bond acceptors (Lipinski definition) is 5. The van der Waals surface area contributed by atoms with E-state index >= 15 is 0 Å². The van der Waals surface area contributed by atoms with Crippen LogP contribution in [0.3, 0.4) is 0 Å². The number of halogens is 2. The second-order valence-electron chi connectivity index (χ2n) is 4.31. The van der Waals surface area contributed by atoms with E-state index in [9.17, 15) is 4.79 Å². The van der Waals surface area contributed by atoms with Crippen molar-refractivity contribution in [1.29, 1.82) is 0 Å². The molecule has 1 fully saturated rings. The number of rotatable bonds is 2. The smallest absolute Gasteiger partial charge is 0.241 e. The van der Waals surface area contributed by atoms with Crippen molar-refractivity contribution in [3.63, 3.8) is 0 Å². The molecule has 1 atom stereocenters. The Morgan fingerprint density at radius 1 is 1.37 bits per heavy atom. The van der Waals surface area contributed by atoms with Gasteiger partial charge in [-0.25, -0.2) is 0 Å². The number of carbonyl (C=O) groups excluding carboxylic acids is 1. The van der Waals surface area contributed by atoms with Gasteiger partial charge < -0.3 is 10.6 Å². The second-order valence-corrected chi connectivity index (χ2v) is 5.66. The number of benzene rings is 1. The van der Waals surface area contributed by atoms with E-state index in [1.807, 2.05) is 0 Å². The van der Waals surface area contributed by atoms with Gasteiger partial charge in [0.05, 0.1) is 33.5 Å². The summed E-state index contributed by atoms with van der Waals surface area (Å²) >= 11 is 13.2. The molecule has 2 N–H and O–H groups in total. The first kappa shape index (κ1) is 13.1. The van der Waals surface area contributed by atoms with Gasteiger partial charge in [-0.05, 0) is 25.5 Å². The summed E-state index contributed by atoms with van der Waals surface area (Å²) < 4.78 is 8.24. The van der Waals surface area contributed by atoms with Crippen molar-refractivity contribution in [3.8, 4) is 0 Å². The quantitative estimate of drug-likeness (QED) is 0.894. The molecule has 100 valence electrons. The molecule has 0 radical (unpaired) electrons. The maximum Gasteiger partial charge on any atom is 0.241 e. The second kappa shape index (κ2) is 5.20. The van der Waals surface area contributed by atoms with E-state index in [1.165, 1.54) is 0 Å². The molecule has 5 nitrogen and oxygen atoms in total. The molecule has 0 bridgehead atoms. The van der Waals surface area contributed by atoms with Crippen LogP contribution in [0.5, 0.6) is 0 Å². The predicted octanol–water partition coefficient (Wildman–Crippen LogP) is 2.69. The zero-order chi connectivity index (χ0) is 13.4. The van der Waals surface area contributed by atoms with Gasteiger partial charge in [-0.15, -0.1) is 0 Å². The molecule has 1 aliphatic heterocycles. The number of carbonyl (C=O) groups is 1. The Kier molecular flexibility index (Phi) is 3.58. The number of aromatic nitrogens is 2. The van der Waals surface area contributed by atoms with Crippen LogP contribution in [0, 0.1) is 0 Å². The highest BCUT2D eigenvalue weighted by atomic mass is 35.5. The Morgan fingerprint density at radius 3 is 2.89 bits per heavy atom. The van der Waals surface area contributed by atoms with Crippen molar-refractivity contribution in [3.05, 3.63) is 16.1 Å². The third kappa shape index (κ3) is 2.41. The van der Waals surface area contributed by atoms with Gasteiger partial charge in [-0.3, -0.25) is 4.79 Å². The molecule has 0 spiro atoms. The lowest BCUT2D eigenvalue weighted by Gasteiger charge is -2.12. The predicted molar refractivity (Wildman–Crippen MR) is 77.1 cm³/mol. The number of nitrogens with zero attached hydrogens (tertiary/aromatic N) is 2. The molecule has 0 saturated carbocycles. The van der Waals surface area contributed by atoms with Crippen molar-refractivity contribution in [1.82, 2.24) is 14.1 Å². The van der Waals surface area contributed by atoms with Crippen LogP contribution in [0.1, 0.15) is 12.8 Å². The first-order valence-electron chi connectivity index (χ1n) is 5.81. The molecule has 1 unspecified atom stereocenters. The van der Waals surface area contributed by atoms with Gasteiger partial charge in [0.25, 0.3) is 0 Å². The van der Waals surface area contributed by atoms with E-state index in [2.05, 4.69) is 19.4 Å². The summed E-state index contributed by atoms with van der Waals surface area (Å²) in [5, 5.41) is 6.76. The van der Waals surface area contributed by atoms with Crippen LogP contribution in [0.25, 0.3) is 11.0 Å². The van der Waals surface area contributed by atoms with Crippen molar-refractivity contribution in [2.45, 2.75) is 18.9 Å². The average Bonchev–Trinajstić information content (AvgIpc) is 3.04. The first-order chi connectivity index (χ1) is 9.16. The Bertz CT molecular complexity index is 639. The van der Waals surface area contributed by atoms with Crippen LogP contribution in [-0.2, 0) is 4.79 Å². The SMILES string of the molecule is O=C(Nc1c(Cl)cc(Cl)c2nsnc12)C1CCCN1.